The van der Waals surface area contributed by atoms with Gasteiger partial charge in [0.1, 0.15) is 5.78 Å². The molecule has 1 unspecified atom stereocenters. The number of aryl methyl sites for hydroxylation is 2. The largest absolute Gasteiger partial charge is 0.339 e. The van der Waals surface area contributed by atoms with Crippen molar-refractivity contribution in [1.82, 2.24) is 19.6 Å². The number of Topliss-reactive ketones (excluding diaryl/α,β-unsaturated/α-hetero) is 1. The van der Waals surface area contributed by atoms with Gasteiger partial charge in [0.05, 0.1) is 6.20 Å². The standard InChI is InChI=1S/C31H38N4O2/c1-4-34-14-11-27(21-34)30(36)18-28-17-26(6-5-22(28)2)31(37)35-15-12-25(13-16-35)23-7-9-24(10-8-23)29-19-32-33(3)20-29/h5-10,17,19-20,25,27H,4,11-16,18,21H2,1-3H3. The van der Waals surface area contributed by atoms with Crippen LogP contribution in [0.15, 0.2) is 54.9 Å². The van der Waals surface area contributed by atoms with Crippen molar-refractivity contribution in [3.8, 4) is 11.1 Å². The SMILES string of the molecule is CCN1CCC(C(=O)Cc2cc(C(=O)N3CCC(c4ccc(-c5cnn(C)c5)cc4)CC3)ccc2C)C1. The number of likely N-dealkylation sites (tertiary alicyclic amines) is 2. The summed E-state index contributed by atoms with van der Waals surface area (Å²) in [6.07, 6.45) is 7.22. The Balaban J connectivity index is 1.19. The fraction of sp³-hybridized carbons (Fsp3) is 0.452. The quantitative estimate of drug-likeness (QED) is 0.466. The van der Waals surface area contributed by atoms with E-state index in [1.54, 1.807) is 0 Å². The first-order valence-electron chi connectivity index (χ1n) is 13.6. The molecule has 194 valence electrons. The van der Waals surface area contributed by atoms with Gasteiger partial charge in [-0.25, -0.2) is 0 Å². The van der Waals surface area contributed by atoms with E-state index in [0.717, 1.165) is 68.7 Å². The van der Waals surface area contributed by atoms with Crippen molar-refractivity contribution in [3.05, 3.63) is 77.1 Å². The van der Waals surface area contributed by atoms with E-state index < -0.39 is 0 Å². The van der Waals surface area contributed by atoms with Crippen molar-refractivity contribution in [3.63, 3.8) is 0 Å². The van der Waals surface area contributed by atoms with Crippen LogP contribution in [-0.4, -0.2) is 64.0 Å². The summed E-state index contributed by atoms with van der Waals surface area (Å²) >= 11 is 0. The van der Waals surface area contributed by atoms with Crippen LogP contribution in [0.1, 0.15) is 59.2 Å². The first kappa shape index (κ1) is 25.4. The minimum absolute atomic E-state index is 0.0806. The lowest BCUT2D eigenvalue weighted by atomic mass is 9.88. The van der Waals surface area contributed by atoms with Crippen molar-refractivity contribution in [1.29, 1.82) is 0 Å². The van der Waals surface area contributed by atoms with Crippen LogP contribution in [0.4, 0.5) is 0 Å². The van der Waals surface area contributed by atoms with E-state index in [1.807, 2.05) is 54.1 Å². The molecular formula is C31H38N4O2. The Hall–Kier alpha value is -3.25. The van der Waals surface area contributed by atoms with Crippen LogP contribution >= 0.6 is 0 Å². The van der Waals surface area contributed by atoms with Gasteiger partial charge in [-0.3, -0.25) is 14.3 Å². The highest BCUT2D eigenvalue weighted by molar-refractivity contribution is 5.95. The first-order chi connectivity index (χ1) is 17.9. The van der Waals surface area contributed by atoms with Gasteiger partial charge in [0.25, 0.3) is 5.91 Å². The number of hydrogen-bond acceptors (Lipinski definition) is 4. The second-order valence-electron chi connectivity index (χ2n) is 10.8. The molecule has 1 aromatic heterocycles. The third kappa shape index (κ3) is 5.69. The van der Waals surface area contributed by atoms with Crippen molar-refractivity contribution in [2.24, 2.45) is 13.0 Å². The summed E-state index contributed by atoms with van der Waals surface area (Å²) in [5.41, 5.74) is 6.42. The van der Waals surface area contributed by atoms with Crippen molar-refractivity contribution < 1.29 is 9.59 Å². The summed E-state index contributed by atoms with van der Waals surface area (Å²) in [6.45, 7) is 8.57. The third-order valence-electron chi connectivity index (χ3n) is 8.34. The van der Waals surface area contributed by atoms with Gasteiger partial charge in [0.15, 0.2) is 0 Å². The number of benzene rings is 2. The van der Waals surface area contributed by atoms with Crippen LogP contribution in [0.3, 0.4) is 0 Å². The molecule has 0 N–H and O–H groups in total. The number of piperidine rings is 1. The molecular weight excluding hydrogens is 460 g/mol. The molecule has 6 nitrogen and oxygen atoms in total. The Morgan fingerprint density at radius 1 is 0.973 bits per heavy atom. The lowest BCUT2D eigenvalue weighted by Gasteiger charge is -2.32. The summed E-state index contributed by atoms with van der Waals surface area (Å²) in [5, 5.41) is 4.26. The van der Waals surface area contributed by atoms with Crippen LogP contribution in [0.2, 0.25) is 0 Å². The molecule has 2 aliphatic heterocycles. The van der Waals surface area contributed by atoms with E-state index in [-0.39, 0.29) is 11.8 Å². The van der Waals surface area contributed by atoms with E-state index in [9.17, 15) is 9.59 Å². The molecule has 0 aliphatic carbocycles. The Bertz CT molecular complexity index is 1250. The van der Waals surface area contributed by atoms with Crippen LogP contribution in [0.5, 0.6) is 0 Å². The average molecular weight is 499 g/mol. The van der Waals surface area contributed by atoms with E-state index in [4.69, 9.17) is 0 Å². The topological polar surface area (TPSA) is 58.4 Å². The highest BCUT2D eigenvalue weighted by atomic mass is 16.2. The Morgan fingerprint density at radius 3 is 2.38 bits per heavy atom. The zero-order chi connectivity index (χ0) is 25.9. The van der Waals surface area contributed by atoms with Crippen LogP contribution in [0, 0.1) is 12.8 Å². The first-order valence-corrected chi connectivity index (χ1v) is 13.6. The monoisotopic (exact) mass is 498 g/mol. The van der Waals surface area contributed by atoms with Gasteiger partial charge in [0, 0.05) is 56.3 Å². The maximum absolute atomic E-state index is 13.4. The Morgan fingerprint density at radius 2 is 1.73 bits per heavy atom. The number of aromatic nitrogens is 2. The van der Waals surface area contributed by atoms with E-state index in [1.165, 1.54) is 11.1 Å². The maximum atomic E-state index is 13.4. The fourth-order valence-electron chi connectivity index (χ4n) is 5.83. The summed E-state index contributed by atoms with van der Waals surface area (Å²) in [7, 11) is 1.93. The van der Waals surface area contributed by atoms with Gasteiger partial charge in [0.2, 0.25) is 0 Å². The van der Waals surface area contributed by atoms with E-state index >= 15 is 0 Å². The molecule has 2 fully saturated rings. The Kier molecular flexibility index (Phi) is 7.56. The van der Waals surface area contributed by atoms with Crippen molar-refractivity contribution in [2.45, 2.75) is 45.4 Å². The summed E-state index contributed by atoms with van der Waals surface area (Å²) in [6, 6.07) is 14.7. The smallest absolute Gasteiger partial charge is 0.253 e. The molecule has 2 aromatic carbocycles. The number of carbonyl (C=O) groups is 2. The number of nitrogens with zero attached hydrogens (tertiary/aromatic N) is 4. The minimum atomic E-state index is 0.0806. The van der Waals surface area contributed by atoms with Gasteiger partial charge in [-0.15, -0.1) is 0 Å². The van der Waals surface area contributed by atoms with Gasteiger partial charge in [-0.2, -0.15) is 5.10 Å². The number of amides is 1. The van der Waals surface area contributed by atoms with Crippen LogP contribution in [-0.2, 0) is 18.3 Å². The summed E-state index contributed by atoms with van der Waals surface area (Å²) < 4.78 is 1.82. The lowest BCUT2D eigenvalue weighted by Crippen LogP contribution is -2.38. The zero-order valence-corrected chi connectivity index (χ0v) is 22.3. The van der Waals surface area contributed by atoms with E-state index in [2.05, 4.69) is 41.2 Å². The molecule has 2 saturated heterocycles. The molecule has 37 heavy (non-hydrogen) atoms. The highest BCUT2D eigenvalue weighted by Gasteiger charge is 2.28. The molecule has 0 bridgehead atoms. The van der Waals surface area contributed by atoms with Gasteiger partial charge in [-0.05, 0) is 79.6 Å². The van der Waals surface area contributed by atoms with Crippen molar-refractivity contribution in [2.75, 3.05) is 32.7 Å². The van der Waals surface area contributed by atoms with E-state index in [0.29, 0.717) is 23.7 Å². The van der Waals surface area contributed by atoms with Crippen molar-refractivity contribution >= 4 is 11.7 Å². The molecule has 0 radical (unpaired) electrons. The molecule has 0 saturated carbocycles. The maximum Gasteiger partial charge on any atom is 0.253 e. The molecule has 5 rings (SSSR count). The lowest BCUT2D eigenvalue weighted by molar-refractivity contribution is -0.121. The normalized spacial score (nSPS) is 18.9. The summed E-state index contributed by atoms with van der Waals surface area (Å²) in [4.78, 5) is 30.6. The Labute approximate surface area is 220 Å². The second-order valence-corrected chi connectivity index (χ2v) is 10.8. The van der Waals surface area contributed by atoms with Gasteiger partial charge < -0.3 is 9.80 Å². The molecule has 1 atom stereocenters. The van der Waals surface area contributed by atoms with Gasteiger partial charge >= 0.3 is 0 Å². The highest BCUT2D eigenvalue weighted by Crippen LogP contribution is 2.31. The van der Waals surface area contributed by atoms with Crippen LogP contribution in [0.25, 0.3) is 11.1 Å². The third-order valence-corrected chi connectivity index (χ3v) is 8.34. The summed E-state index contributed by atoms with van der Waals surface area (Å²) in [5.74, 6) is 0.972. The average Bonchev–Trinajstić information content (AvgIpc) is 3.59. The minimum Gasteiger partial charge on any atom is -0.339 e. The number of ketones is 1. The predicted molar refractivity (Wildman–Crippen MR) is 147 cm³/mol. The van der Waals surface area contributed by atoms with Crippen LogP contribution < -0.4 is 0 Å². The fourth-order valence-corrected chi connectivity index (χ4v) is 5.83. The zero-order valence-electron chi connectivity index (χ0n) is 22.3. The molecule has 6 heteroatoms. The molecule has 3 heterocycles. The molecule has 3 aromatic rings. The second kappa shape index (κ2) is 11.0. The molecule has 0 spiro atoms. The predicted octanol–water partition coefficient (Wildman–Crippen LogP) is 4.87. The molecule has 2 aliphatic rings. The molecule has 1 amide bonds. The van der Waals surface area contributed by atoms with Gasteiger partial charge in [-0.1, -0.05) is 37.3 Å². The number of carbonyl (C=O) groups excluding carboxylic acids is 2. The number of rotatable bonds is 7. The number of hydrogen-bond donors (Lipinski definition) is 0.